The van der Waals surface area contributed by atoms with Crippen molar-refractivity contribution >= 4 is 5.91 Å². The van der Waals surface area contributed by atoms with E-state index in [1.165, 1.54) is 5.56 Å². The molecule has 0 aliphatic carbocycles. The summed E-state index contributed by atoms with van der Waals surface area (Å²) in [6, 6.07) is 8.17. The molecule has 6 heteroatoms. The lowest BCUT2D eigenvalue weighted by atomic mass is 10.0. The number of ether oxygens (including phenoxy) is 4. The van der Waals surface area contributed by atoms with Crippen LogP contribution in [0.5, 0.6) is 5.75 Å². The molecule has 1 N–H and O–H groups in total. The quantitative estimate of drug-likeness (QED) is 0.473. The van der Waals surface area contributed by atoms with Gasteiger partial charge in [-0.2, -0.15) is 0 Å². The Balaban J connectivity index is 1.86. The molecule has 0 spiro atoms. The molecule has 0 saturated heterocycles. The van der Waals surface area contributed by atoms with Gasteiger partial charge in [0.2, 0.25) is 5.91 Å². The van der Waals surface area contributed by atoms with Crippen LogP contribution in [0.3, 0.4) is 0 Å². The summed E-state index contributed by atoms with van der Waals surface area (Å²) in [5.41, 5.74) is 1.31. The second kappa shape index (κ2) is 14.4. The van der Waals surface area contributed by atoms with Crippen LogP contribution in [0.4, 0.5) is 0 Å². The van der Waals surface area contributed by atoms with E-state index in [1.54, 1.807) is 0 Å². The Hall–Kier alpha value is -1.63. The van der Waals surface area contributed by atoms with Crippen molar-refractivity contribution in [2.45, 2.75) is 33.6 Å². The fourth-order valence-corrected chi connectivity index (χ4v) is 2.16. The zero-order valence-corrected chi connectivity index (χ0v) is 17.2. The highest BCUT2D eigenvalue weighted by Crippen LogP contribution is 2.18. The third-order valence-corrected chi connectivity index (χ3v) is 3.86. The lowest BCUT2D eigenvalue weighted by Crippen LogP contribution is -2.31. The van der Waals surface area contributed by atoms with Gasteiger partial charge in [-0.3, -0.25) is 4.79 Å². The van der Waals surface area contributed by atoms with Gasteiger partial charge in [0.25, 0.3) is 0 Å². The third-order valence-electron chi connectivity index (χ3n) is 3.86. The maximum absolute atomic E-state index is 11.3. The summed E-state index contributed by atoms with van der Waals surface area (Å²) in [6.07, 6.45) is 0. The maximum atomic E-state index is 11.3. The van der Waals surface area contributed by atoms with Crippen molar-refractivity contribution in [1.82, 2.24) is 5.32 Å². The molecule has 0 aromatic heterocycles. The molecule has 0 aliphatic heterocycles. The van der Waals surface area contributed by atoms with Gasteiger partial charge in [-0.1, -0.05) is 39.8 Å². The van der Waals surface area contributed by atoms with Crippen molar-refractivity contribution in [3.8, 4) is 5.75 Å². The summed E-state index contributed by atoms with van der Waals surface area (Å²) in [7, 11) is 0. The largest absolute Gasteiger partial charge is 0.491 e. The Labute approximate surface area is 163 Å². The summed E-state index contributed by atoms with van der Waals surface area (Å²) in [5.74, 6) is 1.44. The zero-order valence-electron chi connectivity index (χ0n) is 17.2. The second-order valence-corrected chi connectivity index (χ2v) is 6.86. The van der Waals surface area contributed by atoms with Crippen LogP contribution in [-0.4, -0.2) is 58.7 Å². The molecule has 154 valence electrons. The van der Waals surface area contributed by atoms with E-state index in [4.69, 9.17) is 18.9 Å². The zero-order chi connectivity index (χ0) is 19.9. The summed E-state index contributed by atoms with van der Waals surface area (Å²) in [5, 5.41) is 2.80. The standard InChI is InChI=1S/C21H35NO5/c1-17(2)19-5-7-20(8-6-19)27-16-15-26-14-13-25-12-11-24-10-9-22-21(23)18(3)4/h5-8,17-18H,9-16H2,1-4H3,(H,22,23). The van der Waals surface area contributed by atoms with Crippen LogP contribution in [0.25, 0.3) is 0 Å². The van der Waals surface area contributed by atoms with E-state index >= 15 is 0 Å². The van der Waals surface area contributed by atoms with Crippen molar-refractivity contribution in [3.63, 3.8) is 0 Å². The number of rotatable bonds is 15. The van der Waals surface area contributed by atoms with Crippen LogP contribution in [0.2, 0.25) is 0 Å². The number of amides is 1. The average molecular weight is 382 g/mol. The number of carbonyl (C=O) groups is 1. The molecule has 27 heavy (non-hydrogen) atoms. The van der Waals surface area contributed by atoms with E-state index in [0.29, 0.717) is 58.7 Å². The van der Waals surface area contributed by atoms with E-state index in [1.807, 2.05) is 26.0 Å². The number of nitrogens with one attached hydrogen (secondary N) is 1. The van der Waals surface area contributed by atoms with Crippen LogP contribution in [0.1, 0.15) is 39.2 Å². The maximum Gasteiger partial charge on any atom is 0.222 e. The van der Waals surface area contributed by atoms with Crippen LogP contribution in [-0.2, 0) is 19.0 Å². The molecule has 1 rings (SSSR count). The fraction of sp³-hybridized carbons (Fsp3) is 0.667. The van der Waals surface area contributed by atoms with E-state index in [0.717, 1.165) is 5.75 Å². The van der Waals surface area contributed by atoms with Crippen LogP contribution >= 0.6 is 0 Å². The molecular weight excluding hydrogens is 346 g/mol. The minimum atomic E-state index is 0.00385. The molecule has 1 amide bonds. The van der Waals surface area contributed by atoms with Crippen LogP contribution < -0.4 is 10.1 Å². The van der Waals surface area contributed by atoms with Crippen molar-refractivity contribution in [2.24, 2.45) is 5.92 Å². The molecule has 0 heterocycles. The van der Waals surface area contributed by atoms with E-state index in [2.05, 4.69) is 31.3 Å². The first-order valence-electron chi connectivity index (χ1n) is 9.74. The highest BCUT2D eigenvalue weighted by molar-refractivity contribution is 5.77. The van der Waals surface area contributed by atoms with Gasteiger partial charge in [0, 0.05) is 12.5 Å². The molecular formula is C21H35NO5. The average Bonchev–Trinajstić information content (AvgIpc) is 2.65. The highest BCUT2D eigenvalue weighted by Gasteiger charge is 2.04. The van der Waals surface area contributed by atoms with Gasteiger partial charge in [-0.25, -0.2) is 0 Å². The molecule has 0 saturated carbocycles. The first-order valence-corrected chi connectivity index (χ1v) is 9.74. The van der Waals surface area contributed by atoms with Gasteiger partial charge in [0.05, 0.1) is 39.6 Å². The predicted molar refractivity (Wildman–Crippen MR) is 106 cm³/mol. The Morgan fingerprint density at radius 1 is 0.815 bits per heavy atom. The molecule has 0 fully saturated rings. The van der Waals surface area contributed by atoms with Crippen molar-refractivity contribution in [3.05, 3.63) is 29.8 Å². The van der Waals surface area contributed by atoms with E-state index < -0.39 is 0 Å². The molecule has 1 aromatic rings. The molecule has 0 unspecified atom stereocenters. The first kappa shape index (κ1) is 23.4. The minimum absolute atomic E-state index is 0.00385. The normalized spacial score (nSPS) is 11.2. The lowest BCUT2D eigenvalue weighted by molar-refractivity contribution is -0.124. The number of hydrogen-bond acceptors (Lipinski definition) is 5. The smallest absolute Gasteiger partial charge is 0.222 e. The topological polar surface area (TPSA) is 66.0 Å². The summed E-state index contributed by atoms with van der Waals surface area (Å²) in [4.78, 5) is 11.3. The lowest BCUT2D eigenvalue weighted by Gasteiger charge is -2.10. The number of carbonyl (C=O) groups excluding carboxylic acids is 1. The summed E-state index contributed by atoms with van der Waals surface area (Å²) >= 11 is 0. The molecule has 0 radical (unpaired) electrons. The Bertz CT molecular complexity index is 502. The summed E-state index contributed by atoms with van der Waals surface area (Å²) < 4.78 is 21.9. The van der Waals surface area contributed by atoms with Gasteiger partial charge in [0.1, 0.15) is 12.4 Å². The van der Waals surface area contributed by atoms with Crippen molar-refractivity contribution in [2.75, 3.05) is 52.8 Å². The third kappa shape index (κ3) is 11.6. The monoisotopic (exact) mass is 381 g/mol. The first-order chi connectivity index (χ1) is 13.0. The van der Waals surface area contributed by atoms with Crippen LogP contribution in [0, 0.1) is 5.92 Å². The van der Waals surface area contributed by atoms with Gasteiger partial charge < -0.3 is 24.3 Å². The Morgan fingerprint density at radius 2 is 1.33 bits per heavy atom. The fourth-order valence-electron chi connectivity index (χ4n) is 2.16. The minimum Gasteiger partial charge on any atom is -0.491 e. The van der Waals surface area contributed by atoms with Crippen molar-refractivity contribution < 1.29 is 23.7 Å². The van der Waals surface area contributed by atoms with Gasteiger partial charge >= 0.3 is 0 Å². The molecule has 0 aliphatic rings. The molecule has 0 bridgehead atoms. The van der Waals surface area contributed by atoms with Gasteiger partial charge in [-0.15, -0.1) is 0 Å². The Morgan fingerprint density at radius 3 is 1.85 bits per heavy atom. The molecule has 1 aromatic carbocycles. The molecule has 0 atom stereocenters. The molecule has 6 nitrogen and oxygen atoms in total. The second-order valence-electron chi connectivity index (χ2n) is 6.86. The van der Waals surface area contributed by atoms with Gasteiger partial charge in [0.15, 0.2) is 0 Å². The summed E-state index contributed by atoms with van der Waals surface area (Å²) in [6.45, 7) is 12.2. The predicted octanol–water partition coefficient (Wildman–Crippen LogP) is 3.01. The van der Waals surface area contributed by atoms with Crippen LogP contribution in [0.15, 0.2) is 24.3 Å². The number of benzene rings is 1. The van der Waals surface area contributed by atoms with Crippen molar-refractivity contribution in [1.29, 1.82) is 0 Å². The highest BCUT2D eigenvalue weighted by atomic mass is 16.6. The van der Waals surface area contributed by atoms with E-state index in [9.17, 15) is 4.79 Å². The number of hydrogen-bond donors (Lipinski definition) is 1. The van der Waals surface area contributed by atoms with E-state index in [-0.39, 0.29) is 11.8 Å². The Kier molecular flexibility index (Phi) is 12.5. The van der Waals surface area contributed by atoms with Gasteiger partial charge in [-0.05, 0) is 23.6 Å². The SMILES string of the molecule is CC(C)C(=O)NCCOCCOCCOCCOc1ccc(C(C)C)cc1.